The first-order valence-corrected chi connectivity index (χ1v) is 4.80. The average molecular weight is 195 g/mol. The van der Waals surface area contributed by atoms with Gasteiger partial charge in [0, 0.05) is 13.7 Å². The summed E-state index contributed by atoms with van der Waals surface area (Å²) in [7, 11) is 1.68. The fourth-order valence-corrected chi connectivity index (χ4v) is 1.03. The molecule has 1 heterocycles. The molecule has 0 amide bonds. The normalized spacial score (nSPS) is 10.6. The quantitative estimate of drug-likeness (QED) is 0.726. The Kier molecular flexibility index (Phi) is 4.32. The highest BCUT2D eigenvalue weighted by Gasteiger charge is 2.00. The van der Waals surface area contributed by atoms with Gasteiger partial charge in [-0.1, -0.05) is 13.8 Å². The molecule has 0 aliphatic rings. The predicted molar refractivity (Wildman–Crippen MR) is 56.5 cm³/mol. The van der Waals surface area contributed by atoms with Crippen LogP contribution < -0.4 is 5.32 Å². The van der Waals surface area contributed by atoms with E-state index in [-0.39, 0.29) is 0 Å². The molecule has 0 unspecified atom stereocenters. The van der Waals surface area contributed by atoms with E-state index < -0.39 is 0 Å². The largest absolute Gasteiger partial charge is 0.383 e. The zero-order chi connectivity index (χ0) is 10.4. The third kappa shape index (κ3) is 3.30. The van der Waals surface area contributed by atoms with E-state index in [1.54, 1.807) is 7.11 Å². The van der Waals surface area contributed by atoms with Gasteiger partial charge in [-0.3, -0.25) is 0 Å². The Balaban J connectivity index is 2.47. The molecule has 0 saturated carbocycles. The average Bonchev–Trinajstić information content (AvgIpc) is 2.19. The van der Waals surface area contributed by atoms with Gasteiger partial charge in [-0.05, 0) is 18.1 Å². The first-order chi connectivity index (χ1) is 6.74. The maximum Gasteiger partial charge on any atom is 0.148 e. The zero-order valence-electron chi connectivity index (χ0n) is 8.95. The Hall–Kier alpha value is -1.16. The summed E-state index contributed by atoms with van der Waals surface area (Å²) in [6.45, 7) is 5.63. The van der Waals surface area contributed by atoms with E-state index >= 15 is 0 Å². The Morgan fingerprint density at radius 1 is 1.36 bits per heavy atom. The molecule has 0 aliphatic carbocycles. The Morgan fingerprint density at radius 3 is 2.64 bits per heavy atom. The molecule has 1 aromatic rings. The summed E-state index contributed by atoms with van der Waals surface area (Å²) >= 11 is 0. The van der Waals surface area contributed by atoms with Crippen molar-refractivity contribution in [2.24, 2.45) is 0 Å². The minimum atomic E-state index is 0.426. The van der Waals surface area contributed by atoms with Crippen molar-refractivity contribution in [2.45, 2.75) is 19.8 Å². The maximum atomic E-state index is 4.91. The van der Waals surface area contributed by atoms with Crippen LogP contribution in [0, 0.1) is 0 Å². The molecule has 1 aromatic heterocycles. The summed E-state index contributed by atoms with van der Waals surface area (Å²) in [4.78, 5) is 0. The van der Waals surface area contributed by atoms with Crippen molar-refractivity contribution in [3.8, 4) is 0 Å². The van der Waals surface area contributed by atoms with Crippen molar-refractivity contribution in [3.05, 3.63) is 17.8 Å². The van der Waals surface area contributed by atoms with Gasteiger partial charge in [0.05, 0.1) is 12.3 Å². The van der Waals surface area contributed by atoms with Crippen molar-refractivity contribution in [1.82, 2.24) is 10.2 Å². The van der Waals surface area contributed by atoms with E-state index in [9.17, 15) is 0 Å². The van der Waals surface area contributed by atoms with Crippen LogP contribution in [0.25, 0.3) is 0 Å². The van der Waals surface area contributed by atoms with Crippen molar-refractivity contribution in [1.29, 1.82) is 0 Å². The number of nitrogens with zero attached hydrogens (tertiary/aromatic N) is 2. The lowest BCUT2D eigenvalue weighted by Gasteiger charge is -2.06. The van der Waals surface area contributed by atoms with Crippen LogP contribution in [0.3, 0.4) is 0 Å². The number of nitrogens with one attached hydrogen (secondary N) is 1. The van der Waals surface area contributed by atoms with Crippen LogP contribution in [-0.2, 0) is 4.74 Å². The first-order valence-electron chi connectivity index (χ1n) is 4.80. The molecule has 0 aromatic carbocycles. The van der Waals surface area contributed by atoms with Gasteiger partial charge in [-0.2, -0.15) is 5.10 Å². The summed E-state index contributed by atoms with van der Waals surface area (Å²) in [5.74, 6) is 1.22. The third-order valence-corrected chi connectivity index (χ3v) is 1.89. The highest BCUT2D eigenvalue weighted by Crippen LogP contribution is 2.11. The fourth-order valence-electron chi connectivity index (χ4n) is 1.03. The number of hydrogen-bond donors (Lipinski definition) is 1. The molecule has 0 saturated heterocycles. The van der Waals surface area contributed by atoms with Gasteiger partial charge in [0.2, 0.25) is 0 Å². The van der Waals surface area contributed by atoms with Gasteiger partial charge in [-0.15, -0.1) is 5.10 Å². The Labute approximate surface area is 84.7 Å². The maximum absolute atomic E-state index is 4.91. The van der Waals surface area contributed by atoms with Gasteiger partial charge in [0.25, 0.3) is 0 Å². The SMILES string of the molecule is COCCNc1ccc(C(C)C)nn1. The van der Waals surface area contributed by atoms with Gasteiger partial charge in [-0.25, -0.2) is 0 Å². The van der Waals surface area contributed by atoms with E-state index in [0.29, 0.717) is 12.5 Å². The van der Waals surface area contributed by atoms with Crippen LogP contribution >= 0.6 is 0 Å². The molecule has 4 nitrogen and oxygen atoms in total. The summed E-state index contributed by atoms with van der Waals surface area (Å²) in [6, 6.07) is 3.94. The fraction of sp³-hybridized carbons (Fsp3) is 0.600. The molecule has 0 radical (unpaired) electrons. The van der Waals surface area contributed by atoms with Crippen LogP contribution in [0.1, 0.15) is 25.5 Å². The molecule has 0 bridgehead atoms. The third-order valence-electron chi connectivity index (χ3n) is 1.89. The number of hydrogen-bond acceptors (Lipinski definition) is 4. The summed E-state index contributed by atoms with van der Waals surface area (Å²) in [6.07, 6.45) is 0. The lowest BCUT2D eigenvalue weighted by molar-refractivity contribution is 0.210. The second-order valence-electron chi connectivity index (χ2n) is 3.42. The summed E-state index contributed by atoms with van der Waals surface area (Å²) in [5, 5.41) is 11.3. The molecule has 78 valence electrons. The van der Waals surface area contributed by atoms with Crippen molar-refractivity contribution < 1.29 is 4.74 Å². The van der Waals surface area contributed by atoms with Crippen LogP contribution in [0.5, 0.6) is 0 Å². The molecule has 0 aliphatic heterocycles. The molecule has 4 heteroatoms. The molecule has 1 N–H and O–H groups in total. The number of anilines is 1. The molecule has 0 spiro atoms. The van der Waals surface area contributed by atoms with Crippen molar-refractivity contribution in [3.63, 3.8) is 0 Å². The van der Waals surface area contributed by atoms with Gasteiger partial charge >= 0.3 is 0 Å². The van der Waals surface area contributed by atoms with Crippen LogP contribution in [0.15, 0.2) is 12.1 Å². The van der Waals surface area contributed by atoms with E-state index in [4.69, 9.17) is 4.74 Å². The molecular formula is C10H17N3O. The highest BCUT2D eigenvalue weighted by atomic mass is 16.5. The van der Waals surface area contributed by atoms with Crippen LogP contribution in [0.4, 0.5) is 5.82 Å². The molecule has 14 heavy (non-hydrogen) atoms. The topological polar surface area (TPSA) is 47.0 Å². The monoisotopic (exact) mass is 195 g/mol. The van der Waals surface area contributed by atoms with E-state index in [2.05, 4.69) is 29.4 Å². The predicted octanol–water partition coefficient (Wildman–Crippen LogP) is 1.66. The smallest absolute Gasteiger partial charge is 0.148 e. The number of ether oxygens (including phenoxy) is 1. The second kappa shape index (κ2) is 5.54. The molecular weight excluding hydrogens is 178 g/mol. The lowest BCUT2D eigenvalue weighted by atomic mass is 10.1. The standard InChI is InChI=1S/C10H17N3O/c1-8(2)9-4-5-10(13-12-9)11-6-7-14-3/h4-5,8H,6-7H2,1-3H3,(H,11,13). The second-order valence-corrected chi connectivity index (χ2v) is 3.42. The van der Waals surface area contributed by atoms with E-state index in [1.165, 1.54) is 0 Å². The Bertz CT molecular complexity index is 259. The van der Waals surface area contributed by atoms with Gasteiger partial charge < -0.3 is 10.1 Å². The molecule has 0 fully saturated rings. The number of aromatic nitrogens is 2. The summed E-state index contributed by atoms with van der Waals surface area (Å²) in [5.41, 5.74) is 1.02. The highest BCUT2D eigenvalue weighted by molar-refractivity contribution is 5.33. The molecule has 0 atom stereocenters. The summed E-state index contributed by atoms with van der Waals surface area (Å²) < 4.78 is 4.91. The van der Waals surface area contributed by atoms with Gasteiger partial charge in [0.1, 0.15) is 5.82 Å². The lowest BCUT2D eigenvalue weighted by Crippen LogP contribution is -2.09. The van der Waals surface area contributed by atoms with E-state index in [0.717, 1.165) is 18.1 Å². The zero-order valence-corrected chi connectivity index (χ0v) is 8.95. The Morgan fingerprint density at radius 2 is 2.14 bits per heavy atom. The van der Waals surface area contributed by atoms with Crippen LogP contribution in [0.2, 0.25) is 0 Å². The molecule has 1 rings (SSSR count). The van der Waals surface area contributed by atoms with Gasteiger partial charge in [0.15, 0.2) is 0 Å². The number of methoxy groups -OCH3 is 1. The van der Waals surface area contributed by atoms with Crippen molar-refractivity contribution in [2.75, 3.05) is 25.6 Å². The van der Waals surface area contributed by atoms with E-state index in [1.807, 2.05) is 12.1 Å². The first kappa shape index (κ1) is 10.9. The minimum absolute atomic E-state index is 0.426. The minimum Gasteiger partial charge on any atom is -0.383 e. The van der Waals surface area contributed by atoms with Crippen molar-refractivity contribution >= 4 is 5.82 Å². The number of rotatable bonds is 5. The van der Waals surface area contributed by atoms with Crippen LogP contribution in [-0.4, -0.2) is 30.5 Å².